The summed E-state index contributed by atoms with van der Waals surface area (Å²) >= 11 is 0. The van der Waals surface area contributed by atoms with Crippen molar-refractivity contribution in [3.63, 3.8) is 0 Å². The highest BCUT2D eigenvalue weighted by Gasteiger charge is 2.18. The van der Waals surface area contributed by atoms with Crippen LogP contribution in [0.25, 0.3) is 11.5 Å². The van der Waals surface area contributed by atoms with Crippen molar-refractivity contribution in [2.24, 2.45) is 0 Å². The first-order valence-electron chi connectivity index (χ1n) is 3.90. The van der Waals surface area contributed by atoms with Crippen LogP contribution in [0.3, 0.4) is 0 Å². The minimum atomic E-state index is 0.598. The number of rotatable bonds is 0. The minimum Gasteiger partial charge on any atom is -0.364 e. The van der Waals surface area contributed by atoms with Crippen LogP contribution >= 0.6 is 0 Å². The minimum absolute atomic E-state index is 0.598. The van der Waals surface area contributed by atoms with E-state index in [9.17, 15) is 0 Å². The Morgan fingerprint density at radius 3 is 3.46 bits per heavy atom. The fraction of sp³-hybridized carbons (Fsp3) is 0.143. The molecule has 64 valence electrons. The van der Waals surface area contributed by atoms with E-state index in [0.29, 0.717) is 12.5 Å². The molecule has 0 radical (unpaired) electrons. The molecular formula is C7H6N6. The quantitative estimate of drug-likeness (QED) is 0.614. The highest BCUT2D eigenvalue weighted by Crippen LogP contribution is 2.25. The lowest BCUT2D eigenvalue weighted by Crippen LogP contribution is -2.17. The third kappa shape index (κ3) is 0.821. The second kappa shape index (κ2) is 2.25. The number of fused-ring (bicyclic) bond motifs is 3. The molecule has 6 heteroatoms. The van der Waals surface area contributed by atoms with Crippen molar-refractivity contribution in [2.75, 3.05) is 5.32 Å². The van der Waals surface area contributed by atoms with Gasteiger partial charge in [0.25, 0.3) is 0 Å². The Morgan fingerprint density at radius 2 is 2.46 bits per heavy atom. The summed E-state index contributed by atoms with van der Waals surface area (Å²) in [6.45, 7) is 0.598. The molecule has 0 atom stereocenters. The van der Waals surface area contributed by atoms with Gasteiger partial charge in [0.15, 0.2) is 0 Å². The lowest BCUT2D eigenvalue weighted by molar-refractivity contribution is 0.631. The number of nitrogens with zero attached hydrogens (tertiary/aromatic N) is 5. The lowest BCUT2D eigenvalue weighted by atomic mass is 10.2. The van der Waals surface area contributed by atoms with E-state index in [4.69, 9.17) is 0 Å². The average molecular weight is 174 g/mol. The second-order valence-electron chi connectivity index (χ2n) is 2.74. The van der Waals surface area contributed by atoms with Gasteiger partial charge in [-0.1, -0.05) is 0 Å². The van der Waals surface area contributed by atoms with Crippen LogP contribution in [0.5, 0.6) is 0 Å². The van der Waals surface area contributed by atoms with Crippen molar-refractivity contribution in [1.29, 1.82) is 0 Å². The van der Waals surface area contributed by atoms with E-state index in [1.807, 2.05) is 12.1 Å². The molecule has 0 unspecified atom stereocenters. The zero-order valence-corrected chi connectivity index (χ0v) is 6.68. The van der Waals surface area contributed by atoms with Gasteiger partial charge in [0.2, 0.25) is 5.82 Å². The first-order valence-corrected chi connectivity index (χ1v) is 3.90. The first kappa shape index (κ1) is 6.53. The Hall–Kier alpha value is -1.98. The monoisotopic (exact) mass is 174 g/mol. The number of tetrazole rings is 1. The summed E-state index contributed by atoms with van der Waals surface area (Å²) in [5, 5.41) is 14.5. The molecule has 1 aliphatic rings. The summed E-state index contributed by atoms with van der Waals surface area (Å²) in [7, 11) is 0. The molecule has 0 bridgehead atoms. The molecule has 1 N–H and O–H groups in total. The zero-order valence-electron chi connectivity index (χ0n) is 6.68. The molecule has 1 aliphatic heterocycles. The van der Waals surface area contributed by atoms with E-state index in [-0.39, 0.29) is 0 Å². The SMILES string of the molecule is c1cnc2c(c1)NCn1nnnc1-2. The topological polar surface area (TPSA) is 68.5 Å². The third-order valence-corrected chi connectivity index (χ3v) is 1.97. The number of aromatic nitrogens is 5. The largest absolute Gasteiger partial charge is 0.364 e. The van der Waals surface area contributed by atoms with E-state index in [1.165, 1.54) is 0 Å². The van der Waals surface area contributed by atoms with Crippen LogP contribution < -0.4 is 5.32 Å². The van der Waals surface area contributed by atoms with Crippen molar-refractivity contribution in [3.8, 4) is 11.5 Å². The summed E-state index contributed by atoms with van der Waals surface area (Å²) < 4.78 is 1.68. The van der Waals surface area contributed by atoms with E-state index in [0.717, 1.165) is 11.4 Å². The molecular weight excluding hydrogens is 168 g/mol. The lowest BCUT2D eigenvalue weighted by Gasteiger charge is -2.15. The highest BCUT2D eigenvalue weighted by molar-refractivity contribution is 5.70. The van der Waals surface area contributed by atoms with Crippen LogP contribution in [-0.2, 0) is 6.67 Å². The molecule has 0 saturated carbocycles. The molecule has 0 spiro atoms. The van der Waals surface area contributed by atoms with Crippen molar-refractivity contribution >= 4 is 5.69 Å². The zero-order chi connectivity index (χ0) is 8.67. The fourth-order valence-corrected chi connectivity index (χ4v) is 1.37. The van der Waals surface area contributed by atoms with Gasteiger partial charge < -0.3 is 5.32 Å². The Bertz CT molecular complexity index is 448. The maximum Gasteiger partial charge on any atom is 0.204 e. The van der Waals surface area contributed by atoms with Crippen LogP contribution in [-0.4, -0.2) is 25.2 Å². The molecule has 6 nitrogen and oxygen atoms in total. The van der Waals surface area contributed by atoms with Crippen molar-refractivity contribution in [3.05, 3.63) is 18.3 Å². The van der Waals surface area contributed by atoms with Crippen molar-refractivity contribution in [2.45, 2.75) is 6.67 Å². The van der Waals surface area contributed by atoms with E-state index < -0.39 is 0 Å². The average Bonchev–Trinajstić information content (AvgIpc) is 2.65. The Morgan fingerprint density at radius 1 is 1.46 bits per heavy atom. The van der Waals surface area contributed by atoms with Gasteiger partial charge in [0, 0.05) is 6.20 Å². The van der Waals surface area contributed by atoms with Crippen LogP contribution in [0.15, 0.2) is 18.3 Å². The Labute approximate surface area is 73.6 Å². The van der Waals surface area contributed by atoms with Gasteiger partial charge in [-0.15, -0.1) is 5.10 Å². The van der Waals surface area contributed by atoms with Crippen LogP contribution in [0, 0.1) is 0 Å². The summed E-state index contributed by atoms with van der Waals surface area (Å²) in [6.07, 6.45) is 1.73. The van der Waals surface area contributed by atoms with Crippen LogP contribution in [0.2, 0.25) is 0 Å². The van der Waals surface area contributed by atoms with Gasteiger partial charge in [0.05, 0.1) is 5.69 Å². The van der Waals surface area contributed by atoms with Gasteiger partial charge in [-0.3, -0.25) is 4.98 Å². The van der Waals surface area contributed by atoms with Crippen LogP contribution in [0.4, 0.5) is 5.69 Å². The number of pyridine rings is 1. The summed E-state index contributed by atoms with van der Waals surface area (Å²) in [4.78, 5) is 4.21. The normalized spacial score (nSPS) is 12.9. The van der Waals surface area contributed by atoms with Gasteiger partial charge in [0.1, 0.15) is 12.4 Å². The maximum absolute atomic E-state index is 4.21. The van der Waals surface area contributed by atoms with Crippen LogP contribution in [0.1, 0.15) is 0 Å². The number of hydrogen-bond acceptors (Lipinski definition) is 5. The predicted molar refractivity (Wildman–Crippen MR) is 44.7 cm³/mol. The first-order chi connectivity index (χ1) is 6.45. The van der Waals surface area contributed by atoms with E-state index in [1.54, 1.807) is 10.9 Å². The summed E-state index contributed by atoms with van der Waals surface area (Å²) in [5.41, 5.74) is 1.78. The Balaban J connectivity index is 2.30. The smallest absolute Gasteiger partial charge is 0.204 e. The third-order valence-electron chi connectivity index (χ3n) is 1.97. The molecule has 0 aromatic carbocycles. The molecule has 2 aromatic rings. The van der Waals surface area contributed by atoms with E-state index >= 15 is 0 Å². The summed E-state index contributed by atoms with van der Waals surface area (Å²) in [6, 6.07) is 3.84. The molecule has 0 aliphatic carbocycles. The Kier molecular flexibility index (Phi) is 1.13. The van der Waals surface area contributed by atoms with E-state index in [2.05, 4.69) is 25.8 Å². The van der Waals surface area contributed by atoms with Gasteiger partial charge in [-0.25, -0.2) is 4.68 Å². The molecule has 0 fully saturated rings. The molecule has 3 rings (SSSR count). The fourth-order valence-electron chi connectivity index (χ4n) is 1.37. The molecule has 0 saturated heterocycles. The highest BCUT2D eigenvalue weighted by atomic mass is 15.6. The summed E-state index contributed by atoms with van der Waals surface area (Å²) in [5.74, 6) is 0.717. The molecule has 0 amide bonds. The molecule has 13 heavy (non-hydrogen) atoms. The van der Waals surface area contributed by atoms with Gasteiger partial charge in [-0.2, -0.15) is 0 Å². The second-order valence-corrected chi connectivity index (χ2v) is 2.74. The maximum atomic E-state index is 4.21. The standard InChI is InChI=1S/C7H6N6/c1-2-5-6(8-3-1)7-10-11-12-13(7)4-9-5/h1-3,9H,4H2. The van der Waals surface area contributed by atoms with Gasteiger partial charge in [-0.05, 0) is 22.6 Å². The van der Waals surface area contributed by atoms with Crippen molar-refractivity contribution in [1.82, 2.24) is 25.2 Å². The van der Waals surface area contributed by atoms with Crippen molar-refractivity contribution < 1.29 is 0 Å². The van der Waals surface area contributed by atoms with Gasteiger partial charge >= 0.3 is 0 Å². The number of anilines is 1. The predicted octanol–water partition coefficient (Wildman–Crippen LogP) is 0.118. The number of hydrogen-bond donors (Lipinski definition) is 1. The molecule has 3 heterocycles. The number of nitrogens with one attached hydrogen (secondary N) is 1. The molecule has 2 aromatic heterocycles.